The lowest BCUT2D eigenvalue weighted by molar-refractivity contribution is -0.119. The van der Waals surface area contributed by atoms with Gasteiger partial charge in [-0.2, -0.15) is 0 Å². The van der Waals surface area contributed by atoms with Crippen molar-refractivity contribution in [3.8, 4) is 9.88 Å². The summed E-state index contributed by atoms with van der Waals surface area (Å²) in [6.45, 7) is -0.0489. The van der Waals surface area contributed by atoms with Gasteiger partial charge in [-0.15, -0.1) is 22.7 Å². The van der Waals surface area contributed by atoms with Gasteiger partial charge in [0.05, 0.1) is 11.4 Å². The summed E-state index contributed by atoms with van der Waals surface area (Å²) >= 11 is 6.33. The fraction of sp³-hybridized carbons (Fsp3) is 0.182. The van der Waals surface area contributed by atoms with Crippen LogP contribution in [-0.2, 0) is 4.79 Å². The van der Waals surface area contributed by atoms with E-state index in [2.05, 4.69) is 31.5 Å². The second-order valence-corrected chi connectivity index (χ2v) is 6.21. The number of carbonyl (C=O) groups excluding carboxylic acids is 2. The standard InChI is InChI=1S/C11H10BrN3O2S2/c1-13-9(16)3-14-10(17)7-5-19-11(15-7)8-2-6(12)4-18-8/h2,4-5H,3H2,1H3,(H,13,16)(H,14,17). The zero-order valence-electron chi connectivity index (χ0n) is 9.90. The van der Waals surface area contributed by atoms with Gasteiger partial charge in [0.2, 0.25) is 5.91 Å². The number of carbonyl (C=O) groups is 2. The van der Waals surface area contributed by atoms with E-state index in [1.165, 1.54) is 18.4 Å². The van der Waals surface area contributed by atoms with Gasteiger partial charge in [-0.05, 0) is 22.0 Å². The van der Waals surface area contributed by atoms with Crippen LogP contribution in [0.5, 0.6) is 0 Å². The summed E-state index contributed by atoms with van der Waals surface area (Å²) in [7, 11) is 1.52. The summed E-state index contributed by atoms with van der Waals surface area (Å²) in [5.41, 5.74) is 0.327. The summed E-state index contributed by atoms with van der Waals surface area (Å²) in [5.74, 6) is -0.590. The maximum atomic E-state index is 11.8. The number of nitrogens with zero attached hydrogens (tertiary/aromatic N) is 1. The zero-order valence-corrected chi connectivity index (χ0v) is 13.1. The average Bonchev–Trinajstić information content (AvgIpc) is 3.03. The van der Waals surface area contributed by atoms with Crippen LogP contribution in [0.15, 0.2) is 21.3 Å². The highest BCUT2D eigenvalue weighted by Crippen LogP contribution is 2.31. The van der Waals surface area contributed by atoms with Crippen molar-refractivity contribution in [3.63, 3.8) is 0 Å². The molecule has 2 N–H and O–H groups in total. The van der Waals surface area contributed by atoms with Crippen molar-refractivity contribution in [3.05, 3.63) is 27.0 Å². The van der Waals surface area contributed by atoms with Gasteiger partial charge in [0.15, 0.2) is 0 Å². The minimum atomic E-state index is -0.346. The smallest absolute Gasteiger partial charge is 0.271 e. The molecule has 5 nitrogen and oxygen atoms in total. The monoisotopic (exact) mass is 359 g/mol. The molecule has 0 aliphatic heterocycles. The molecule has 0 bridgehead atoms. The molecular formula is C11H10BrN3O2S2. The molecule has 0 fully saturated rings. The number of likely N-dealkylation sites (N-methyl/N-ethyl adjacent to an activating group) is 1. The maximum Gasteiger partial charge on any atom is 0.271 e. The quantitative estimate of drug-likeness (QED) is 0.877. The van der Waals surface area contributed by atoms with Gasteiger partial charge in [0, 0.05) is 22.3 Å². The summed E-state index contributed by atoms with van der Waals surface area (Å²) in [5, 5.41) is 9.37. The highest BCUT2D eigenvalue weighted by atomic mass is 79.9. The van der Waals surface area contributed by atoms with Crippen LogP contribution < -0.4 is 10.6 Å². The number of thiophene rings is 1. The molecule has 0 atom stereocenters. The predicted molar refractivity (Wildman–Crippen MR) is 79.5 cm³/mol. The Bertz CT molecular complexity index is 609. The highest BCUT2D eigenvalue weighted by molar-refractivity contribution is 9.10. The number of rotatable bonds is 4. The minimum Gasteiger partial charge on any atom is -0.358 e. The van der Waals surface area contributed by atoms with Crippen molar-refractivity contribution in [2.24, 2.45) is 0 Å². The fourth-order valence-corrected chi connectivity index (χ4v) is 3.56. The van der Waals surface area contributed by atoms with Crippen molar-refractivity contribution in [2.75, 3.05) is 13.6 Å². The maximum absolute atomic E-state index is 11.8. The minimum absolute atomic E-state index is 0.0489. The van der Waals surface area contributed by atoms with E-state index >= 15 is 0 Å². The van der Waals surface area contributed by atoms with Gasteiger partial charge in [-0.3, -0.25) is 9.59 Å². The SMILES string of the molecule is CNC(=O)CNC(=O)c1csc(-c2cc(Br)cs2)n1. The molecule has 8 heteroatoms. The first-order valence-electron chi connectivity index (χ1n) is 5.29. The molecule has 0 aliphatic rings. The number of thiazole rings is 1. The van der Waals surface area contributed by atoms with Crippen LogP contribution in [0.3, 0.4) is 0 Å². The van der Waals surface area contributed by atoms with Gasteiger partial charge in [-0.25, -0.2) is 4.98 Å². The lowest BCUT2D eigenvalue weighted by Gasteiger charge is -2.01. The number of aromatic nitrogens is 1. The highest BCUT2D eigenvalue weighted by Gasteiger charge is 2.13. The molecule has 2 rings (SSSR count). The van der Waals surface area contributed by atoms with E-state index in [-0.39, 0.29) is 18.4 Å². The molecule has 2 aromatic heterocycles. The van der Waals surface area contributed by atoms with Gasteiger partial charge < -0.3 is 10.6 Å². The summed E-state index contributed by atoms with van der Waals surface area (Å²) < 4.78 is 0.994. The van der Waals surface area contributed by atoms with Crippen LogP contribution in [0.1, 0.15) is 10.5 Å². The third kappa shape index (κ3) is 3.62. The van der Waals surface area contributed by atoms with Gasteiger partial charge in [-0.1, -0.05) is 0 Å². The lowest BCUT2D eigenvalue weighted by atomic mass is 10.4. The Balaban J connectivity index is 2.04. The summed E-state index contributed by atoms with van der Waals surface area (Å²) in [6, 6.07) is 1.95. The topological polar surface area (TPSA) is 71.1 Å². The number of hydrogen-bond acceptors (Lipinski definition) is 5. The molecular weight excluding hydrogens is 350 g/mol. The second kappa shape index (κ2) is 6.27. The third-order valence-corrected chi connectivity index (χ3v) is 4.91. The van der Waals surface area contributed by atoms with Crippen LogP contribution >= 0.6 is 38.6 Å². The molecule has 0 aliphatic carbocycles. The van der Waals surface area contributed by atoms with E-state index in [1.807, 2.05) is 11.4 Å². The van der Waals surface area contributed by atoms with E-state index in [4.69, 9.17) is 0 Å². The molecule has 0 radical (unpaired) electrons. The van der Waals surface area contributed by atoms with Gasteiger partial charge >= 0.3 is 0 Å². The number of nitrogens with one attached hydrogen (secondary N) is 2. The van der Waals surface area contributed by atoms with Crippen LogP contribution in [0.2, 0.25) is 0 Å². The molecule has 0 unspecified atom stereocenters. The van der Waals surface area contributed by atoms with Gasteiger partial charge in [0.1, 0.15) is 10.7 Å². The number of halogens is 1. The lowest BCUT2D eigenvalue weighted by Crippen LogP contribution is -2.35. The first-order chi connectivity index (χ1) is 9.10. The Hall–Kier alpha value is -1.25. The van der Waals surface area contributed by atoms with Crippen molar-refractivity contribution in [2.45, 2.75) is 0 Å². The van der Waals surface area contributed by atoms with Crippen LogP contribution in [0, 0.1) is 0 Å². The molecule has 2 heterocycles. The number of hydrogen-bond donors (Lipinski definition) is 2. The second-order valence-electron chi connectivity index (χ2n) is 3.52. The molecule has 19 heavy (non-hydrogen) atoms. The Morgan fingerprint density at radius 1 is 1.37 bits per heavy atom. The zero-order chi connectivity index (χ0) is 13.8. The number of amides is 2. The first kappa shape index (κ1) is 14.2. The summed E-state index contributed by atoms with van der Waals surface area (Å²) in [4.78, 5) is 28.1. The fourth-order valence-electron chi connectivity index (χ4n) is 1.26. The predicted octanol–water partition coefficient (Wildman–Crippen LogP) is 2.11. The van der Waals surface area contributed by atoms with Crippen molar-refractivity contribution in [1.29, 1.82) is 0 Å². The Morgan fingerprint density at radius 3 is 2.79 bits per heavy atom. The molecule has 0 spiro atoms. The van der Waals surface area contributed by atoms with Crippen molar-refractivity contribution in [1.82, 2.24) is 15.6 Å². The molecule has 0 saturated carbocycles. The van der Waals surface area contributed by atoms with Gasteiger partial charge in [0.25, 0.3) is 5.91 Å². The Morgan fingerprint density at radius 2 is 2.16 bits per heavy atom. The summed E-state index contributed by atoms with van der Waals surface area (Å²) in [6.07, 6.45) is 0. The van der Waals surface area contributed by atoms with Crippen molar-refractivity contribution >= 4 is 50.4 Å². The molecule has 2 amide bonds. The average molecular weight is 360 g/mol. The van der Waals surface area contributed by atoms with Crippen LogP contribution in [0.25, 0.3) is 9.88 Å². The first-order valence-corrected chi connectivity index (χ1v) is 7.84. The molecule has 2 aromatic rings. The third-order valence-electron chi connectivity index (χ3n) is 2.20. The van der Waals surface area contributed by atoms with Crippen LogP contribution in [0.4, 0.5) is 0 Å². The Kier molecular flexibility index (Phi) is 4.67. The largest absolute Gasteiger partial charge is 0.358 e. The Labute approximate surface area is 126 Å². The van der Waals surface area contributed by atoms with E-state index < -0.39 is 0 Å². The van der Waals surface area contributed by atoms with E-state index in [9.17, 15) is 9.59 Å². The molecule has 0 aromatic carbocycles. The van der Waals surface area contributed by atoms with Crippen molar-refractivity contribution < 1.29 is 9.59 Å². The van der Waals surface area contributed by atoms with Crippen LogP contribution in [-0.4, -0.2) is 30.4 Å². The van der Waals surface area contributed by atoms with E-state index in [1.54, 1.807) is 16.7 Å². The van der Waals surface area contributed by atoms with E-state index in [0.29, 0.717) is 5.69 Å². The van der Waals surface area contributed by atoms with E-state index in [0.717, 1.165) is 14.4 Å². The molecule has 0 saturated heterocycles. The molecule has 100 valence electrons. The normalized spacial score (nSPS) is 10.2.